The van der Waals surface area contributed by atoms with Crippen LogP contribution in [0, 0.1) is 0 Å². The lowest BCUT2D eigenvalue weighted by Crippen LogP contribution is -2.27. The lowest BCUT2D eigenvalue weighted by atomic mass is 9.93. The minimum Gasteiger partial charge on any atom is -0.480 e. The quantitative estimate of drug-likeness (QED) is 0.920. The molecule has 0 saturated heterocycles. The highest BCUT2D eigenvalue weighted by Gasteiger charge is 2.30. The molecule has 6 heteroatoms. The van der Waals surface area contributed by atoms with E-state index in [0.29, 0.717) is 23.0 Å². The highest BCUT2D eigenvalue weighted by molar-refractivity contribution is 6.30. The maximum absolute atomic E-state index is 10.7. The van der Waals surface area contributed by atoms with Gasteiger partial charge in [-0.2, -0.15) is 4.98 Å². The first-order valence-corrected chi connectivity index (χ1v) is 6.76. The summed E-state index contributed by atoms with van der Waals surface area (Å²) >= 11 is 5.86. The number of halogens is 1. The Labute approximate surface area is 128 Å². The Morgan fingerprint density at radius 1 is 1.19 bits per heavy atom. The smallest absolute Gasteiger partial charge is 0.241 e. The van der Waals surface area contributed by atoms with Gasteiger partial charge in [0.05, 0.1) is 20.4 Å². The number of benzene rings is 1. The Morgan fingerprint density at radius 3 is 2.43 bits per heavy atom. The van der Waals surface area contributed by atoms with Crippen molar-refractivity contribution in [2.24, 2.45) is 0 Å². The van der Waals surface area contributed by atoms with E-state index in [1.807, 2.05) is 12.1 Å². The van der Waals surface area contributed by atoms with Crippen LogP contribution in [0.15, 0.2) is 30.5 Å². The fraction of sp³-hybridized carbons (Fsp3) is 0.333. The molecule has 0 aliphatic rings. The first-order chi connectivity index (χ1) is 9.96. The van der Waals surface area contributed by atoms with Crippen LogP contribution in [0.4, 0.5) is 0 Å². The molecule has 1 heterocycles. The fourth-order valence-corrected chi connectivity index (χ4v) is 2.18. The molecule has 0 saturated carbocycles. The molecule has 0 amide bonds. The molecule has 0 spiro atoms. The molecular formula is C15H17ClN2O3. The van der Waals surface area contributed by atoms with Gasteiger partial charge in [-0.25, -0.2) is 4.98 Å². The Bertz CT molecular complexity index is 615. The lowest BCUT2D eigenvalue weighted by molar-refractivity contribution is 0.0492. The van der Waals surface area contributed by atoms with Gasteiger partial charge in [-0.05, 0) is 24.6 Å². The van der Waals surface area contributed by atoms with Gasteiger partial charge in [-0.15, -0.1) is 0 Å². The van der Waals surface area contributed by atoms with Crippen molar-refractivity contribution in [3.8, 4) is 11.8 Å². The van der Waals surface area contributed by atoms with Gasteiger partial charge in [0.15, 0.2) is 0 Å². The standard InChI is InChI=1S/C15H17ClN2O3/c1-15(19,8-10-4-6-11(16)7-5-10)13-14(21-3)18-12(20-2)9-17-13/h4-7,9,19H,8H2,1-3H3. The van der Waals surface area contributed by atoms with E-state index in [-0.39, 0.29) is 5.88 Å². The van der Waals surface area contributed by atoms with Crippen molar-refractivity contribution in [2.45, 2.75) is 18.9 Å². The molecule has 112 valence electrons. The summed E-state index contributed by atoms with van der Waals surface area (Å²) in [6.07, 6.45) is 1.82. The van der Waals surface area contributed by atoms with Gasteiger partial charge in [0, 0.05) is 11.4 Å². The summed E-state index contributed by atoms with van der Waals surface area (Å²) < 4.78 is 10.2. The maximum atomic E-state index is 10.7. The van der Waals surface area contributed by atoms with Gasteiger partial charge in [-0.3, -0.25) is 0 Å². The number of rotatable bonds is 5. The topological polar surface area (TPSA) is 64.5 Å². The first-order valence-electron chi connectivity index (χ1n) is 6.38. The van der Waals surface area contributed by atoms with Crippen LogP contribution in [-0.2, 0) is 12.0 Å². The molecule has 2 rings (SSSR count). The van der Waals surface area contributed by atoms with Crippen LogP contribution in [0.2, 0.25) is 5.02 Å². The van der Waals surface area contributed by atoms with Crippen molar-refractivity contribution in [3.63, 3.8) is 0 Å². The predicted octanol–water partition coefficient (Wildman–Crippen LogP) is 2.60. The molecule has 2 aromatic rings. The molecule has 21 heavy (non-hydrogen) atoms. The first kappa shape index (κ1) is 15.5. The minimum absolute atomic E-state index is 0.244. The normalized spacial score (nSPS) is 13.6. The molecule has 1 aromatic carbocycles. The van der Waals surface area contributed by atoms with Gasteiger partial charge >= 0.3 is 0 Å². The number of ether oxygens (including phenoxy) is 2. The zero-order chi connectivity index (χ0) is 15.5. The van der Waals surface area contributed by atoms with Crippen LogP contribution in [0.1, 0.15) is 18.2 Å². The van der Waals surface area contributed by atoms with E-state index in [0.717, 1.165) is 5.56 Å². The summed E-state index contributed by atoms with van der Waals surface area (Å²) in [5.74, 6) is 0.575. The lowest BCUT2D eigenvalue weighted by Gasteiger charge is -2.24. The monoisotopic (exact) mass is 308 g/mol. The van der Waals surface area contributed by atoms with Crippen LogP contribution in [0.25, 0.3) is 0 Å². The van der Waals surface area contributed by atoms with E-state index in [1.54, 1.807) is 19.1 Å². The molecule has 5 nitrogen and oxygen atoms in total. The summed E-state index contributed by atoms with van der Waals surface area (Å²) in [6, 6.07) is 7.29. The van der Waals surface area contributed by atoms with Gasteiger partial charge in [-0.1, -0.05) is 23.7 Å². The summed E-state index contributed by atoms with van der Waals surface area (Å²) in [6.45, 7) is 1.67. The van der Waals surface area contributed by atoms with Crippen molar-refractivity contribution in [1.29, 1.82) is 0 Å². The van der Waals surface area contributed by atoms with E-state index < -0.39 is 5.60 Å². The Morgan fingerprint density at radius 2 is 1.86 bits per heavy atom. The van der Waals surface area contributed by atoms with E-state index in [9.17, 15) is 5.11 Å². The van der Waals surface area contributed by atoms with Crippen molar-refractivity contribution in [2.75, 3.05) is 14.2 Å². The van der Waals surface area contributed by atoms with Gasteiger partial charge in [0.2, 0.25) is 11.8 Å². The van der Waals surface area contributed by atoms with Crippen LogP contribution >= 0.6 is 11.6 Å². The summed E-state index contributed by atoms with van der Waals surface area (Å²) in [5, 5.41) is 11.4. The minimum atomic E-state index is -1.22. The molecule has 0 bridgehead atoms. The number of hydrogen-bond donors (Lipinski definition) is 1. The van der Waals surface area contributed by atoms with E-state index in [4.69, 9.17) is 21.1 Å². The fourth-order valence-electron chi connectivity index (χ4n) is 2.05. The second-order valence-electron chi connectivity index (χ2n) is 4.85. The molecule has 0 fully saturated rings. The van der Waals surface area contributed by atoms with E-state index >= 15 is 0 Å². The van der Waals surface area contributed by atoms with E-state index in [2.05, 4.69) is 9.97 Å². The van der Waals surface area contributed by atoms with E-state index in [1.165, 1.54) is 20.4 Å². The summed E-state index contributed by atoms with van der Waals surface area (Å²) in [7, 11) is 2.97. The van der Waals surface area contributed by atoms with Crippen molar-refractivity contribution >= 4 is 11.6 Å². The third kappa shape index (κ3) is 3.62. The molecular weight excluding hydrogens is 292 g/mol. The molecule has 0 aliphatic carbocycles. The Hall–Kier alpha value is -1.85. The van der Waals surface area contributed by atoms with Gasteiger partial charge < -0.3 is 14.6 Å². The second kappa shape index (κ2) is 6.28. The van der Waals surface area contributed by atoms with Gasteiger partial charge in [0.1, 0.15) is 11.3 Å². The van der Waals surface area contributed by atoms with Crippen molar-refractivity contribution < 1.29 is 14.6 Å². The Balaban J connectivity index is 2.32. The average molecular weight is 309 g/mol. The van der Waals surface area contributed by atoms with Gasteiger partial charge in [0.25, 0.3) is 0 Å². The molecule has 0 aliphatic heterocycles. The molecule has 1 aromatic heterocycles. The molecule has 1 atom stereocenters. The van der Waals surface area contributed by atoms with Crippen LogP contribution in [0.3, 0.4) is 0 Å². The van der Waals surface area contributed by atoms with Crippen LogP contribution < -0.4 is 9.47 Å². The predicted molar refractivity (Wildman–Crippen MR) is 79.9 cm³/mol. The highest BCUT2D eigenvalue weighted by atomic mass is 35.5. The molecule has 1 unspecified atom stereocenters. The number of aliphatic hydroxyl groups is 1. The molecule has 0 radical (unpaired) electrons. The third-order valence-electron chi connectivity index (χ3n) is 3.09. The number of aromatic nitrogens is 2. The zero-order valence-corrected chi connectivity index (χ0v) is 12.9. The van der Waals surface area contributed by atoms with Crippen LogP contribution in [0.5, 0.6) is 11.8 Å². The number of nitrogens with zero attached hydrogens (tertiary/aromatic N) is 2. The highest BCUT2D eigenvalue weighted by Crippen LogP contribution is 2.31. The largest absolute Gasteiger partial charge is 0.480 e. The second-order valence-corrected chi connectivity index (χ2v) is 5.28. The summed E-state index contributed by atoms with van der Waals surface area (Å²) in [5.41, 5.74) is 0.0724. The SMILES string of the molecule is COc1cnc(C(C)(O)Cc2ccc(Cl)cc2)c(OC)n1. The zero-order valence-electron chi connectivity index (χ0n) is 12.1. The third-order valence-corrected chi connectivity index (χ3v) is 3.34. The summed E-state index contributed by atoms with van der Waals surface area (Å²) in [4.78, 5) is 8.36. The van der Waals surface area contributed by atoms with Crippen molar-refractivity contribution in [1.82, 2.24) is 9.97 Å². The maximum Gasteiger partial charge on any atom is 0.241 e. The average Bonchev–Trinajstić information content (AvgIpc) is 2.48. The number of methoxy groups -OCH3 is 2. The van der Waals surface area contributed by atoms with Crippen molar-refractivity contribution in [3.05, 3.63) is 46.7 Å². The Kier molecular flexibility index (Phi) is 4.65. The molecule has 1 N–H and O–H groups in total. The van der Waals surface area contributed by atoms with Crippen LogP contribution in [-0.4, -0.2) is 29.3 Å². The number of hydrogen-bond acceptors (Lipinski definition) is 5.